The molecule has 114 valence electrons. The SMILES string of the molecule is CCNC1C(=O)Nc2cc(N3CCC(C)(O)CC3)ccc21. The first-order valence-electron chi connectivity index (χ1n) is 7.66. The minimum absolute atomic E-state index is 0.0191. The summed E-state index contributed by atoms with van der Waals surface area (Å²) in [6.07, 6.45) is 1.55. The molecule has 21 heavy (non-hydrogen) atoms. The van der Waals surface area contributed by atoms with E-state index in [4.69, 9.17) is 0 Å². The van der Waals surface area contributed by atoms with E-state index in [0.29, 0.717) is 0 Å². The van der Waals surface area contributed by atoms with Crippen LogP contribution in [0.3, 0.4) is 0 Å². The minimum Gasteiger partial charge on any atom is -0.390 e. The molecule has 1 unspecified atom stereocenters. The third kappa shape index (κ3) is 2.76. The van der Waals surface area contributed by atoms with Gasteiger partial charge in [-0.05, 0) is 38.4 Å². The van der Waals surface area contributed by atoms with Crippen LogP contribution >= 0.6 is 0 Å². The average molecular weight is 289 g/mol. The van der Waals surface area contributed by atoms with Gasteiger partial charge in [-0.1, -0.05) is 13.0 Å². The Morgan fingerprint density at radius 3 is 2.81 bits per heavy atom. The van der Waals surface area contributed by atoms with Gasteiger partial charge in [0, 0.05) is 30.0 Å². The van der Waals surface area contributed by atoms with E-state index in [1.165, 1.54) is 0 Å². The summed E-state index contributed by atoms with van der Waals surface area (Å²) in [4.78, 5) is 14.2. The number of likely N-dealkylation sites (N-methyl/N-ethyl adjacent to an activating group) is 1. The van der Waals surface area contributed by atoms with Crippen molar-refractivity contribution in [3.8, 4) is 0 Å². The molecule has 0 bridgehead atoms. The lowest BCUT2D eigenvalue weighted by atomic mass is 9.93. The van der Waals surface area contributed by atoms with Gasteiger partial charge in [0.15, 0.2) is 0 Å². The Labute approximate surface area is 125 Å². The minimum atomic E-state index is -0.544. The summed E-state index contributed by atoms with van der Waals surface area (Å²) in [7, 11) is 0. The second-order valence-corrected chi connectivity index (χ2v) is 6.24. The zero-order valence-electron chi connectivity index (χ0n) is 12.6. The number of amides is 1. The van der Waals surface area contributed by atoms with E-state index in [1.54, 1.807) is 0 Å². The van der Waals surface area contributed by atoms with Crippen molar-refractivity contribution >= 4 is 17.3 Å². The molecule has 3 N–H and O–H groups in total. The quantitative estimate of drug-likeness (QED) is 0.791. The summed E-state index contributed by atoms with van der Waals surface area (Å²) in [5.41, 5.74) is 2.49. The summed E-state index contributed by atoms with van der Waals surface area (Å²) >= 11 is 0. The summed E-state index contributed by atoms with van der Waals surface area (Å²) in [5, 5.41) is 16.2. The van der Waals surface area contributed by atoms with Gasteiger partial charge in [0.2, 0.25) is 5.91 Å². The third-order valence-corrected chi connectivity index (χ3v) is 4.48. The lowest BCUT2D eigenvalue weighted by molar-refractivity contribution is -0.117. The number of hydrogen-bond acceptors (Lipinski definition) is 4. The molecule has 1 fully saturated rings. The number of carbonyl (C=O) groups excluding carboxylic acids is 1. The largest absolute Gasteiger partial charge is 0.390 e. The van der Waals surface area contributed by atoms with Crippen LogP contribution in [-0.2, 0) is 4.79 Å². The molecule has 3 rings (SSSR count). The molecule has 1 aromatic rings. The van der Waals surface area contributed by atoms with Crippen molar-refractivity contribution in [2.75, 3.05) is 29.9 Å². The van der Waals surface area contributed by atoms with E-state index in [2.05, 4.69) is 21.6 Å². The van der Waals surface area contributed by atoms with E-state index in [0.717, 1.165) is 49.4 Å². The zero-order chi connectivity index (χ0) is 15.0. The van der Waals surface area contributed by atoms with Crippen LogP contribution in [0, 0.1) is 0 Å². The van der Waals surface area contributed by atoms with Crippen molar-refractivity contribution in [1.82, 2.24) is 5.32 Å². The van der Waals surface area contributed by atoms with E-state index in [1.807, 2.05) is 26.0 Å². The maximum Gasteiger partial charge on any atom is 0.246 e. The molecular formula is C16H23N3O2. The number of anilines is 2. The first-order chi connectivity index (χ1) is 10.00. The highest BCUT2D eigenvalue weighted by molar-refractivity contribution is 6.03. The van der Waals surface area contributed by atoms with Gasteiger partial charge in [-0.3, -0.25) is 4.79 Å². The van der Waals surface area contributed by atoms with E-state index in [-0.39, 0.29) is 11.9 Å². The molecule has 1 aromatic carbocycles. The van der Waals surface area contributed by atoms with Crippen molar-refractivity contribution in [3.63, 3.8) is 0 Å². The molecule has 5 nitrogen and oxygen atoms in total. The van der Waals surface area contributed by atoms with Crippen LogP contribution in [0.4, 0.5) is 11.4 Å². The molecule has 0 aliphatic carbocycles. The van der Waals surface area contributed by atoms with Crippen molar-refractivity contribution in [2.45, 2.75) is 38.3 Å². The smallest absolute Gasteiger partial charge is 0.246 e. The van der Waals surface area contributed by atoms with Gasteiger partial charge in [-0.2, -0.15) is 0 Å². The molecule has 0 saturated carbocycles. The normalized spacial score (nSPS) is 23.9. The standard InChI is InChI=1S/C16H23N3O2/c1-3-17-14-12-5-4-11(10-13(12)18-15(14)20)19-8-6-16(2,21)7-9-19/h4-5,10,14,17,21H,3,6-9H2,1-2H3,(H,18,20). The number of fused-ring (bicyclic) bond motifs is 1. The van der Waals surface area contributed by atoms with Gasteiger partial charge in [-0.15, -0.1) is 0 Å². The van der Waals surface area contributed by atoms with Crippen molar-refractivity contribution in [2.24, 2.45) is 0 Å². The number of rotatable bonds is 3. The molecule has 0 aromatic heterocycles. The number of nitrogens with zero attached hydrogens (tertiary/aromatic N) is 1. The van der Waals surface area contributed by atoms with Gasteiger partial charge >= 0.3 is 0 Å². The molecule has 1 saturated heterocycles. The van der Waals surface area contributed by atoms with Crippen LogP contribution in [0.2, 0.25) is 0 Å². The summed E-state index contributed by atoms with van der Waals surface area (Å²) < 4.78 is 0. The van der Waals surface area contributed by atoms with Crippen LogP contribution in [0.5, 0.6) is 0 Å². The fourth-order valence-corrected chi connectivity index (χ4v) is 3.10. The van der Waals surface area contributed by atoms with Crippen molar-refractivity contribution < 1.29 is 9.90 Å². The second-order valence-electron chi connectivity index (χ2n) is 6.24. The maximum atomic E-state index is 12.0. The molecule has 2 aliphatic heterocycles. The second kappa shape index (κ2) is 5.31. The number of benzene rings is 1. The monoisotopic (exact) mass is 289 g/mol. The van der Waals surface area contributed by atoms with E-state index in [9.17, 15) is 9.90 Å². The Hall–Kier alpha value is -1.59. The molecule has 1 atom stereocenters. The Bertz CT molecular complexity index is 546. The predicted molar refractivity (Wildman–Crippen MR) is 83.6 cm³/mol. The van der Waals surface area contributed by atoms with Gasteiger partial charge in [0.25, 0.3) is 0 Å². The first kappa shape index (κ1) is 14.4. The molecule has 0 radical (unpaired) electrons. The average Bonchev–Trinajstić information content (AvgIpc) is 2.75. The highest BCUT2D eigenvalue weighted by Crippen LogP contribution is 2.35. The molecule has 2 heterocycles. The van der Waals surface area contributed by atoms with Gasteiger partial charge in [0.1, 0.15) is 6.04 Å². The molecular weight excluding hydrogens is 266 g/mol. The molecule has 5 heteroatoms. The van der Waals surface area contributed by atoms with Crippen LogP contribution in [0.15, 0.2) is 18.2 Å². The lowest BCUT2D eigenvalue weighted by Crippen LogP contribution is -2.42. The number of aliphatic hydroxyl groups is 1. The van der Waals surface area contributed by atoms with E-state index < -0.39 is 5.60 Å². The molecule has 1 amide bonds. The highest BCUT2D eigenvalue weighted by Gasteiger charge is 2.31. The Morgan fingerprint density at radius 2 is 2.14 bits per heavy atom. The summed E-state index contributed by atoms with van der Waals surface area (Å²) in [6, 6.07) is 5.91. The summed E-state index contributed by atoms with van der Waals surface area (Å²) in [5.74, 6) is 0.0191. The highest BCUT2D eigenvalue weighted by atomic mass is 16.3. The topological polar surface area (TPSA) is 64.6 Å². The van der Waals surface area contributed by atoms with Crippen LogP contribution < -0.4 is 15.5 Å². The number of carbonyl (C=O) groups is 1. The van der Waals surface area contributed by atoms with Crippen molar-refractivity contribution in [1.29, 1.82) is 0 Å². The van der Waals surface area contributed by atoms with E-state index >= 15 is 0 Å². The van der Waals surface area contributed by atoms with Crippen LogP contribution in [-0.4, -0.2) is 36.2 Å². The fourth-order valence-electron chi connectivity index (χ4n) is 3.10. The Kier molecular flexibility index (Phi) is 3.63. The number of nitrogens with one attached hydrogen (secondary N) is 2. The molecule has 0 spiro atoms. The Balaban J connectivity index is 1.79. The van der Waals surface area contributed by atoms with Crippen molar-refractivity contribution in [3.05, 3.63) is 23.8 Å². The zero-order valence-corrected chi connectivity index (χ0v) is 12.6. The summed E-state index contributed by atoms with van der Waals surface area (Å²) in [6.45, 7) is 6.35. The van der Waals surface area contributed by atoms with Gasteiger partial charge in [0.05, 0.1) is 5.60 Å². The van der Waals surface area contributed by atoms with Crippen LogP contribution in [0.1, 0.15) is 38.3 Å². The Morgan fingerprint density at radius 1 is 1.43 bits per heavy atom. The first-order valence-corrected chi connectivity index (χ1v) is 7.66. The van der Waals surface area contributed by atoms with Gasteiger partial charge in [-0.25, -0.2) is 0 Å². The maximum absolute atomic E-state index is 12.0. The predicted octanol–water partition coefficient (Wildman–Crippen LogP) is 1.64. The number of hydrogen-bond donors (Lipinski definition) is 3. The van der Waals surface area contributed by atoms with Crippen LogP contribution in [0.25, 0.3) is 0 Å². The van der Waals surface area contributed by atoms with Gasteiger partial charge < -0.3 is 20.6 Å². The lowest BCUT2D eigenvalue weighted by Gasteiger charge is -2.37. The third-order valence-electron chi connectivity index (χ3n) is 4.48. The number of piperidine rings is 1. The molecule has 2 aliphatic rings. The fraction of sp³-hybridized carbons (Fsp3) is 0.562.